The van der Waals surface area contributed by atoms with Crippen molar-refractivity contribution in [1.29, 1.82) is 0 Å². The van der Waals surface area contributed by atoms with Gasteiger partial charge >= 0.3 is 0 Å². The lowest BCUT2D eigenvalue weighted by Crippen LogP contribution is -2.49. The van der Waals surface area contributed by atoms with E-state index in [-0.39, 0.29) is 11.2 Å². The second kappa shape index (κ2) is 3.97. The summed E-state index contributed by atoms with van der Waals surface area (Å²) < 4.78 is 11.6. The molecule has 3 aliphatic rings. The maximum absolute atomic E-state index is 9.73. The summed E-state index contributed by atoms with van der Waals surface area (Å²) in [6.07, 6.45) is 8.10. The monoisotopic (exact) mass is 226 g/mol. The summed E-state index contributed by atoms with van der Waals surface area (Å²) in [7, 11) is 0. The van der Waals surface area contributed by atoms with Gasteiger partial charge in [-0.3, -0.25) is 0 Å². The van der Waals surface area contributed by atoms with E-state index >= 15 is 0 Å². The Labute approximate surface area is 97.1 Å². The van der Waals surface area contributed by atoms with Gasteiger partial charge in [0.2, 0.25) is 0 Å². The number of rotatable bonds is 1. The third-order valence-electron chi connectivity index (χ3n) is 5.03. The summed E-state index contributed by atoms with van der Waals surface area (Å²) in [5.74, 6) is 0.332. The van der Waals surface area contributed by atoms with Gasteiger partial charge in [0.15, 0.2) is 5.79 Å². The highest BCUT2D eigenvalue weighted by Crippen LogP contribution is 2.54. The van der Waals surface area contributed by atoms with E-state index in [1.165, 1.54) is 25.7 Å². The summed E-state index contributed by atoms with van der Waals surface area (Å²) in [5, 5.41) is 9.73. The van der Waals surface area contributed by atoms with Crippen LogP contribution < -0.4 is 0 Å². The van der Waals surface area contributed by atoms with Crippen molar-refractivity contribution >= 4 is 0 Å². The first kappa shape index (κ1) is 11.0. The summed E-state index contributed by atoms with van der Waals surface area (Å²) in [6, 6.07) is 0. The highest BCUT2D eigenvalue weighted by molar-refractivity contribution is 4.98. The van der Waals surface area contributed by atoms with Gasteiger partial charge in [0.25, 0.3) is 0 Å². The maximum atomic E-state index is 9.73. The van der Waals surface area contributed by atoms with Crippen LogP contribution in [0.3, 0.4) is 0 Å². The lowest BCUT2D eigenvalue weighted by atomic mass is 9.58. The Balaban J connectivity index is 1.78. The van der Waals surface area contributed by atoms with Crippen molar-refractivity contribution in [3.05, 3.63) is 0 Å². The summed E-state index contributed by atoms with van der Waals surface area (Å²) in [5.41, 5.74) is 0.193. The largest absolute Gasteiger partial charge is 0.396 e. The summed E-state index contributed by atoms with van der Waals surface area (Å²) >= 11 is 0. The highest BCUT2D eigenvalue weighted by atomic mass is 16.7. The van der Waals surface area contributed by atoms with Crippen LogP contribution in [0.2, 0.25) is 0 Å². The van der Waals surface area contributed by atoms with Gasteiger partial charge in [0, 0.05) is 19.4 Å². The molecule has 0 amide bonds. The minimum absolute atomic E-state index is 0.193. The van der Waals surface area contributed by atoms with Gasteiger partial charge < -0.3 is 14.6 Å². The van der Waals surface area contributed by atoms with Crippen LogP contribution in [-0.4, -0.2) is 30.7 Å². The second-order valence-electron chi connectivity index (χ2n) is 5.77. The fraction of sp³-hybridized carbons (Fsp3) is 1.00. The van der Waals surface area contributed by atoms with E-state index in [1.54, 1.807) is 0 Å². The molecule has 3 heteroatoms. The Morgan fingerprint density at radius 3 is 2.62 bits per heavy atom. The number of aliphatic hydroxyl groups is 1. The topological polar surface area (TPSA) is 38.7 Å². The quantitative estimate of drug-likeness (QED) is 0.744. The van der Waals surface area contributed by atoms with Crippen molar-refractivity contribution < 1.29 is 14.6 Å². The van der Waals surface area contributed by atoms with Gasteiger partial charge in [0.05, 0.1) is 13.2 Å². The molecule has 0 unspecified atom stereocenters. The molecule has 2 saturated carbocycles. The van der Waals surface area contributed by atoms with Crippen molar-refractivity contribution in [3.63, 3.8) is 0 Å². The first-order chi connectivity index (χ1) is 7.79. The molecule has 92 valence electrons. The Morgan fingerprint density at radius 2 is 1.88 bits per heavy atom. The molecule has 1 heterocycles. The van der Waals surface area contributed by atoms with Crippen LogP contribution in [0.4, 0.5) is 0 Å². The Bertz CT molecular complexity index is 260. The minimum atomic E-state index is -0.277. The zero-order valence-electron chi connectivity index (χ0n) is 9.91. The van der Waals surface area contributed by atoms with Crippen molar-refractivity contribution in [3.8, 4) is 0 Å². The second-order valence-corrected chi connectivity index (χ2v) is 5.77. The standard InChI is InChI=1S/C13H22O3/c14-10-12-4-2-1-3-11(12)9-13(6-5-12)15-7-8-16-13/h11,14H,1-10H2/t11-,12+/m1/s1. The van der Waals surface area contributed by atoms with Crippen LogP contribution in [0.5, 0.6) is 0 Å². The zero-order valence-corrected chi connectivity index (χ0v) is 9.91. The Kier molecular flexibility index (Phi) is 2.73. The van der Waals surface area contributed by atoms with Gasteiger partial charge in [-0.25, -0.2) is 0 Å². The molecule has 3 nitrogen and oxygen atoms in total. The van der Waals surface area contributed by atoms with Crippen LogP contribution in [0.15, 0.2) is 0 Å². The number of fused-ring (bicyclic) bond motifs is 1. The Hall–Kier alpha value is -0.120. The molecule has 1 aliphatic heterocycles. The molecule has 0 aromatic rings. The molecular formula is C13H22O3. The van der Waals surface area contributed by atoms with E-state index < -0.39 is 0 Å². The predicted molar refractivity (Wildman–Crippen MR) is 60.0 cm³/mol. The molecule has 0 radical (unpaired) electrons. The van der Waals surface area contributed by atoms with Gasteiger partial charge in [-0.2, -0.15) is 0 Å². The first-order valence-corrected chi connectivity index (χ1v) is 6.67. The van der Waals surface area contributed by atoms with Crippen molar-refractivity contribution in [1.82, 2.24) is 0 Å². The molecule has 1 spiro atoms. The van der Waals surface area contributed by atoms with E-state index in [9.17, 15) is 5.11 Å². The minimum Gasteiger partial charge on any atom is -0.396 e. The molecule has 0 aromatic carbocycles. The fourth-order valence-corrected chi connectivity index (χ4v) is 3.99. The van der Waals surface area contributed by atoms with Gasteiger partial charge in [0.1, 0.15) is 0 Å². The fourth-order valence-electron chi connectivity index (χ4n) is 3.99. The number of hydrogen-bond donors (Lipinski definition) is 1. The SMILES string of the molecule is OC[C@@]12CCCC[C@@H]1CC1(CC2)OCCO1. The average molecular weight is 226 g/mol. The third-order valence-corrected chi connectivity index (χ3v) is 5.03. The molecule has 2 aliphatic carbocycles. The first-order valence-electron chi connectivity index (χ1n) is 6.67. The van der Waals surface area contributed by atoms with Crippen LogP contribution in [0.1, 0.15) is 44.9 Å². The Morgan fingerprint density at radius 1 is 1.06 bits per heavy atom. The van der Waals surface area contributed by atoms with Gasteiger partial charge in [-0.05, 0) is 30.6 Å². The maximum Gasteiger partial charge on any atom is 0.168 e. The van der Waals surface area contributed by atoms with E-state index in [0.29, 0.717) is 12.5 Å². The molecule has 3 rings (SSSR count). The molecule has 2 atom stereocenters. The van der Waals surface area contributed by atoms with E-state index in [2.05, 4.69) is 0 Å². The van der Waals surface area contributed by atoms with Crippen LogP contribution in [0, 0.1) is 11.3 Å². The molecule has 3 fully saturated rings. The van der Waals surface area contributed by atoms with Crippen LogP contribution in [0.25, 0.3) is 0 Å². The van der Waals surface area contributed by atoms with Crippen molar-refractivity contribution in [2.75, 3.05) is 19.8 Å². The molecule has 0 aromatic heterocycles. The lowest BCUT2D eigenvalue weighted by molar-refractivity contribution is -0.217. The van der Waals surface area contributed by atoms with Crippen LogP contribution >= 0.6 is 0 Å². The summed E-state index contributed by atoms with van der Waals surface area (Å²) in [4.78, 5) is 0. The van der Waals surface area contributed by atoms with Gasteiger partial charge in [-0.1, -0.05) is 12.8 Å². The molecular weight excluding hydrogens is 204 g/mol. The lowest BCUT2D eigenvalue weighted by Gasteiger charge is -2.51. The molecule has 1 N–H and O–H groups in total. The zero-order chi connectivity index (χ0) is 11.1. The predicted octanol–water partition coefficient (Wildman–Crippen LogP) is 2.08. The van der Waals surface area contributed by atoms with Crippen molar-refractivity contribution in [2.45, 2.75) is 50.7 Å². The number of ether oxygens (including phenoxy) is 2. The third kappa shape index (κ3) is 1.60. The van der Waals surface area contributed by atoms with E-state index in [0.717, 1.165) is 32.5 Å². The average Bonchev–Trinajstić information content (AvgIpc) is 2.78. The highest BCUT2D eigenvalue weighted by Gasteiger charge is 2.52. The van der Waals surface area contributed by atoms with Crippen LogP contribution in [-0.2, 0) is 9.47 Å². The normalized spacial score (nSPS) is 42.2. The van der Waals surface area contributed by atoms with E-state index in [1.807, 2.05) is 0 Å². The van der Waals surface area contributed by atoms with Crippen molar-refractivity contribution in [2.24, 2.45) is 11.3 Å². The molecule has 16 heavy (non-hydrogen) atoms. The summed E-state index contributed by atoms with van der Waals surface area (Å²) in [6.45, 7) is 1.85. The molecule has 0 bridgehead atoms. The van der Waals surface area contributed by atoms with Gasteiger partial charge in [-0.15, -0.1) is 0 Å². The number of aliphatic hydroxyl groups excluding tert-OH is 1. The van der Waals surface area contributed by atoms with E-state index in [4.69, 9.17) is 9.47 Å². The smallest absolute Gasteiger partial charge is 0.168 e. The number of hydrogen-bond acceptors (Lipinski definition) is 3. The molecule has 1 saturated heterocycles.